The van der Waals surface area contributed by atoms with E-state index in [-0.39, 0.29) is 5.92 Å². The van der Waals surface area contributed by atoms with Gasteiger partial charge in [-0.3, -0.25) is 0 Å². The number of rotatable bonds is 4. The van der Waals surface area contributed by atoms with Crippen molar-refractivity contribution < 1.29 is 5.11 Å². The summed E-state index contributed by atoms with van der Waals surface area (Å²) in [6, 6.07) is 22.4. The van der Waals surface area contributed by atoms with E-state index in [1.54, 1.807) is 11.3 Å². The first-order chi connectivity index (χ1) is 9.86. The zero-order chi connectivity index (χ0) is 13.8. The Bertz CT molecular complexity index is 592. The normalized spacial score (nSPS) is 12.5. The van der Waals surface area contributed by atoms with E-state index in [0.717, 1.165) is 16.7 Å². The quantitative estimate of drug-likeness (QED) is 0.739. The molecule has 1 aromatic heterocycles. The van der Waals surface area contributed by atoms with Gasteiger partial charge in [-0.2, -0.15) is 11.3 Å². The van der Waals surface area contributed by atoms with Gasteiger partial charge in [0.15, 0.2) is 0 Å². The molecule has 0 radical (unpaired) electrons. The van der Waals surface area contributed by atoms with Crippen molar-refractivity contribution in [3.63, 3.8) is 0 Å². The van der Waals surface area contributed by atoms with Crippen molar-refractivity contribution >= 4 is 11.3 Å². The largest absolute Gasteiger partial charge is 0.387 e. The summed E-state index contributed by atoms with van der Waals surface area (Å²) >= 11 is 1.62. The van der Waals surface area contributed by atoms with E-state index in [9.17, 15) is 5.11 Å². The third-order valence-corrected chi connectivity index (χ3v) is 4.22. The van der Waals surface area contributed by atoms with Gasteiger partial charge in [-0.1, -0.05) is 60.7 Å². The van der Waals surface area contributed by atoms with Crippen molar-refractivity contribution in [2.45, 2.75) is 12.0 Å². The number of benzene rings is 2. The average molecular weight is 280 g/mol. The second-order valence-electron chi connectivity index (χ2n) is 4.80. The van der Waals surface area contributed by atoms with E-state index in [0.29, 0.717) is 0 Å². The summed E-state index contributed by atoms with van der Waals surface area (Å²) in [6.45, 7) is 0. The molecule has 1 nitrogen and oxygen atoms in total. The lowest BCUT2D eigenvalue weighted by molar-refractivity contribution is 0.159. The Morgan fingerprint density at radius 3 is 1.70 bits per heavy atom. The Kier molecular flexibility index (Phi) is 3.95. The van der Waals surface area contributed by atoms with Crippen LogP contribution in [0.3, 0.4) is 0 Å². The number of aliphatic hydroxyl groups excluding tert-OH is 1. The van der Waals surface area contributed by atoms with Crippen LogP contribution in [0.5, 0.6) is 0 Å². The number of hydrogen-bond acceptors (Lipinski definition) is 2. The van der Waals surface area contributed by atoms with Crippen molar-refractivity contribution in [3.05, 3.63) is 94.2 Å². The van der Waals surface area contributed by atoms with Crippen LogP contribution in [0.2, 0.25) is 0 Å². The summed E-state index contributed by atoms with van der Waals surface area (Å²) in [6.07, 6.45) is -0.522. The summed E-state index contributed by atoms with van der Waals surface area (Å²) in [4.78, 5) is 0. The van der Waals surface area contributed by atoms with Gasteiger partial charge in [0.25, 0.3) is 0 Å². The van der Waals surface area contributed by atoms with E-state index >= 15 is 0 Å². The van der Waals surface area contributed by atoms with Crippen LogP contribution in [0.15, 0.2) is 77.5 Å². The van der Waals surface area contributed by atoms with Crippen LogP contribution >= 0.6 is 11.3 Å². The highest BCUT2D eigenvalue weighted by molar-refractivity contribution is 7.07. The highest BCUT2D eigenvalue weighted by Gasteiger charge is 2.24. The zero-order valence-electron chi connectivity index (χ0n) is 11.0. The Balaban J connectivity index is 2.05. The predicted octanol–water partition coefficient (Wildman–Crippen LogP) is 4.61. The van der Waals surface area contributed by atoms with Gasteiger partial charge in [-0.05, 0) is 33.5 Å². The van der Waals surface area contributed by atoms with Crippen molar-refractivity contribution in [1.29, 1.82) is 0 Å². The van der Waals surface area contributed by atoms with Crippen LogP contribution in [0.25, 0.3) is 0 Å². The van der Waals surface area contributed by atoms with E-state index in [2.05, 4.69) is 24.3 Å². The molecule has 0 saturated carbocycles. The Labute approximate surface area is 123 Å². The maximum atomic E-state index is 10.8. The van der Waals surface area contributed by atoms with Gasteiger partial charge in [-0.25, -0.2) is 0 Å². The van der Waals surface area contributed by atoms with Gasteiger partial charge in [0.05, 0.1) is 6.10 Å². The Hall–Kier alpha value is -1.90. The molecular formula is C18H16OS. The molecule has 2 heteroatoms. The minimum atomic E-state index is -0.522. The van der Waals surface area contributed by atoms with Crippen molar-refractivity contribution in [2.24, 2.45) is 0 Å². The zero-order valence-corrected chi connectivity index (χ0v) is 11.8. The first-order valence-electron chi connectivity index (χ1n) is 6.66. The van der Waals surface area contributed by atoms with Gasteiger partial charge >= 0.3 is 0 Å². The van der Waals surface area contributed by atoms with E-state index < -0.39 is 6.10 Å². The summed E-state index contributed by atoms with van der Waals surface area (Å²) < 4.78 is 0. The van der Waals surface area contributed by atoms with Gasteiger partial charge in [0.2, 0.25) is 0 Å². The van der Waals surface area contributed by atoms with Crippen LogP contribution in [0.4, 0.5) is 0 Å². The van der Waals surface area contributed by atoms with E-state index in [4.69, 9.17) is 0 Å². The minimum Gasteiger partial charge on any atom is -0.387 e. The summed E-state index contributed by atoms with van der Waals surface area (Å²) in [5.74, 6) is -0.0352. The molecule has 2 aromatic carbocycles. The van der Waals surface area contributed by atoms with Gasteiger partial charge in [0, 0.05) is 5.92 Å². The molecule has 1 atom stereocenters. The van der Waals surface area contributed by atoms with Crippen LogP contribution in [0.1, 0.15) is 28.7 Å². The van der Waals surface area contributed by atoms with Crippen molar-refractivity contribution in [2.75, 3.05) is 0 Å². The highest BCUT2D eigenvalue weighted by atomic mass is 32.1. The van der Waals surface area contributed by atoms with Crippen LogP contribution in [-0.2, 0) is 0 Å². The smallest absolute Gasteiger partial charge is 0.0907 e. The molecule has 0 spiro atoms. The lowest BCUT2D eigenvalue weighted by atomic mass is 9.84. The average Bonchev–Trinajstić information content (AvgIpc) is 3.04. The maximum absolute atomic E-state index is 10.8. The minimum absolute atomic E-state index is 0.0352. The molecule has 1 N–H and O–H groups in total. The molecule has 0 aliphatic rings. The number of aliphatic hydroxyl groups is 1. The summed E-state index contributed by atoms with van der Waals surface area (Å²) in [7, 11) is 0. The maximum Gasteiger partial charge on any atom is 0.0907 e. The molecule has 0 amide bonds. The molecule has 3 rings (SSSR count). The first-order valence-corrected chi connectivity index (χ1v) is 7.60. The standard InChI is InChI=1S/C18H16OS/c19-18(16-11-12-20-13-16)17(14-7-3-1-4-8-14)15-9-5-2-6-10-15/h1-13,17-19H. The molecule has 0 aliphatic carbocycles. The second kappa shape index (κ2) is 6.04. The Morgan fingerprint density at radius 1 is 0.700 bits per heavy atom. The molecular weight excluding hydrogens is 264 g/mol. The fraction of sp³-hybridized carbons (Fsp3) is 0.111. The van der Waals surface area contributed by atoms with Gasteiger partial charge in [0.1, 0.15) is 0 Å². The molecule has 20 heavy (non-hydrogen) atoms. The van der Waals surface area contributed by atoms with Gasteiger partial charge in [-0.15, -0.1) is 0 Å². The molecule has 0 fully saturated rings. The Morgan fingerprint density at radius 2 is 1.25 bits per heavy atom. The number of hydrogen-bond donors (Lipinski definition) is 1. The first kappa shape index (κ1) is 13.1. The SMILES string of the molecule is OC(c1ccsc1)C(c1ccccc1)c1ccccc1. The second-order valence-corrected chi connectivity index (χ2v) is 5.58. The lowest BCUT2D eigenvalue weighted by Gasteiger charge is -2.23. The third kappa shape index (κ3) is 2.67. The fourth-order valence-corrected chi connectivity index (χ4v) is 3.20. The topological polar surface area (TPSA) is 20.2 Å². The van der Waals surface area contributed by atoms with Crippen molar-refractivity contribution in [3.8, 4) is 0 Å². The third-order valence-electron chi connectivity index (χ3n) is 3.52. The molecule has 1 heterocycles. The molecule has 0 saturated heterocycles. The monoisotopic (exact) mass is 280 g/mol. The molecule has 0 aliphatic heterocycles. The molecule has 0 bridgehead atoms. The van der Waals surface area contributed by atoms with Crippen LogP contribution in [-0.4, -0.2) is 5.11 Å². The molecule has 1 unspecified atom stereocenters. The summed E-state index contributed by atoms with van der Waals surface area (Å²) in [5.41, 5.74) is 3.25. The van der Waals surface area contributed by atoms with E-state index in [1.807, 2.05) is 53.2 Å². The highest BCUT2D eigenvalue weighted by Crippen LogP contribution is 2.37. The molecule has 100 valence electrons. The van der Waals surface area contributed by atoms with Crippen LogP contribution in [0, 0.1) is 0 Å². The van der Waals surface area contributed by atoms with E-state index in [1.165, 1.54) is 0 Å². The number of thiophene rings is 1. The lowest BCUT2D eigenvalue weighted by Crippen LogP contribution is -2.11. The van der Waals surface area contributed by atoms with Crippen molar-refractivity contribution in [1.82, 2.24) is 0 Å². The molecule has 3 aromatic rings. The van der Waals surface area contributed by atoms with Gasteiger partial charge < -0.3 is 5.11 Å². The van der Waals surface area contributed by atoms with Crippen LogP contribution < -0.4 is 0 Å². The fourth-order valence-electron chi connectivity index (χ4n) is 2.51. The summed E-state index contributed by atoms with van der Waals surface area (Å²) in [5, 5.41) is 14.8. The predicted molar refractivity (Wildman–Crippen MR) is 84.0 cm³/mol.